The minimum Gasteiger partial charge on any atom is -0.380 e. The number of imide groups is 2. The molecular weight excluding hydrogens is 685 g/mol. The molecule has 8 rings (SSSR count). The van der Waals surface area contributed by atoms with Gasteiger partial charge in [0.2, 0.25) is 11.8 Å². The molecule has 0 spiro atoms. The second-order valence-electron chi connectivity index (χ2n) is 14.1. The van der Waals surface area contributed by atoms with Gasteiger partial charge in [0.15, 0.2) is 5.65 Å². The van der Waals surface area contributed by atoms with Crippen LogP contribution in [0.5, 0.6) is 0 Å². The van der Waals surface area contributed by atoms with Crippen LogP contribution >= 0.6 is 0 Å². The van der Waals surface area contributed by atoms with Crippen molar-refractivity contribution in [2.24, 2.45) is 0 Å². The zero-order valence-electron chi connectivity index (χ0n) is 29.8. The maximum Gasteiger partial charge on any atom is 0.264 e. The number of nitrogens with zero attached hydrogens (tertiary/aromatic N) is 4. The summed E-state index contributed by atoms with van der Waals surface area (Å²) in [5, 5.41) is 16.8. The largest absolute Gasteiger partial charge is 0.380 e. The lowest BCUT2D eigenvalue weighted by Gasteiger charge is -2.27. The van der Waals surface area contributed by atoms with Crippen LogP contribution in [-0.4, -0.2) is 67.2 Å². The molecule has 2 aliphatic heterocycles. The first-order valence-electron chi connectivity index (χ1n) is 18.4. The molecule has 3 aliphatic rings. The van der Waals surface area contributed by atoms with E-state index in [2.05, 4.69) is 39.4 Å². The lowest BCUT2D eigenvalue weighted by atomic mass is 10.0. The van der Waals surface area contributed by atoms with Crippen LogP contribution in [0.2, 0.25) is 0 Å². The van der Waals surface area contributed by atoms with Crippen LogP contribution in [0.15, 0.2) is 85.1 Å². The summed E-state index contributed by atoms with van der Waals surface area (Å²) in [5.41, 5.74) is 6.33. The Morgan fingerprint density at radius 1 is 0.889 bits per heavy atom. The SMILES string of the molecule is CCCc1cc(N[C@@H]2CC[C@@H](NC(=O)c3ccc(-c4ccc(CNc5cccc6c5C(=O)N(C5CCC(=O)NC5=O)C6=O)cc4)cc3)C2)n2nccc2n1. The topological polar surface area (TPSA) is 167 Å². The van der Waals surface area contributed by atoms with Gasteiger partial charge in [0, 0.05) is 54.1 Å². The van der Waals surface area contributed by atoms with Crippen molar-refractivity contribution in [3.8, 4) is 11.1 Å². The maximum absolute atomic E-state index is 13.4. The molecule has 13 nitrogen and oxygen atoms in total. The fourth-order valence-electron chi connectivity index (χ4n) is 7.66. The second-order valence-corrected chi connectivity index (χ2v) is 14.1. The van der Waals surface area contributed by atoms with Crippen LogP contribution in [0, 0.1) is 0 Å². The molecule has 5 aromatic rings. The average Bonchev–Trinajstić information content (AvgIpc) is 3.90. The third-order valence-electron chi connectivity index (χ3n) is 10.4. The normalized spacial score (nSPS) is 19.6. The Kier molecular flexibility index (Phi) is 9.36. The van der Waals surface area contributed by atoms with E-state index in [9.17, 15) is 24.0 Å². The quantitative estimate of drug-likeness (QED) is 0.135. The monoisotopic (exact) mass is 724 g/mol. The molecule has 1 aliphatic carbocycles. The van der Waals surface area contributed by atoms with Crippen molar-refractivity contribution in [1.29, 1.82) is 0 Å². The van der Waals surface area contributed by atoms with Gasteiger partial charge in [-0.3, -0.25) is 34.2 Å². The number of aromatic nitrogens is 3. The predicted molar refractivity (Wildman–Crippen MR) is 202 cm³/mol. The van der Waals surface area contributed by atoms with Gasteiger partial charge in [0.05, 0.1) is 17.3 Å². The Morgan fingerprint density at radius 2 is 1.65 bits per heavy atom. The van der Waals surface area contributed by atoms with Crippen LogP contribution in [0.4, 0.5) is 11.5 Å². The van der Waals surface area contributed by atoms with E-state index in [1.807, 2.05) is 59.1 Å². The van der Waals surface area contributed by atoms with Crippen molar-refractivity contribution in [3.63, 3.8) is 0 Å². The minimum atomic E-state index is -1.02. The number of carbonyl (C=O) groups is 5. The van der Waals surface area contributed by atoms with E-state index in [0.29, 0.717) is 17.8 Å². The summed E-state index contributed by atoms with van der Waals surface area (Å²) in [4.78, 5) is 69.5. The molecule has 54 heavy (non-hydrogen) atoms. The van der Waals surface area contributed by atoms with Crippen molar-refractivity contribution in [2.75, 3.05) is 10.6 Å². The highest BCUT2D eigenvalue weighted by atomic mass is 16.2. The molecule has 0 bridgehead atoms. The van der Waals surface area contributed by atoms with E-state index in [1.165, 1.54) is 0 Å². The van der Waals surface area contributed by atoms with Gasteiger partial charge in [0.25, 0.3) is 17.7 Å². The number of hydrogen-bond donors (Lipinski definition) is 4. The molecule has 4 N–H and O–H groups in total. The number of fused-ring (bicyclic) bond motifs is 2. The van der Waals surface area contributed by atoms with Gasteiger partial charge >= 0.3 is 0 Å². The van der Waals surface area contributed by atoms with E-state index in [-0.39, 0.29) is 42.0 Å². The molecule has 1 unspecified atom stereocenters. The number of anilines is 2. The van der Waals surface area contributed by atoms with Gasteiger partial charge in [-0.25, -0.2) is 4.98 Å². The van der Waals surface area contributed by atoms with E-state index in [0.717, 1.165) is 70.9 Å². The lowest BCUT2D eigenvalue weighted by molar-refractivity contribution is -0.136. The smallest absolute Gasteiger partial charge is 0.264 e. The molecule has 1 saturated heterocycles. The number of benzene rings is 3. The summed E-state index contributed by atoms with van der Waals surface area (Å²) in [5.74, 6) is -1.31. The summed E-state index contributed by atoms with van der Waals surface area (Å²) in [6.07, 6.45) is 6.50. The van der Waals surface area contributed by atoms with Gasteiger partial charge in [-0.15, -0.1) is 0 Å². The van der Waals surface area contributed by atoms with Crippen molar-refractivity contribution in [1.82, 2.24) is 30.1 Å². The summed E-state index contributed by atoms with van der Waals surface area (Å²) in [6, 6.07) is 23.8. The lowest BCUT2D eigenvalue weighted by Crippen LogP contribution is -2.54. The van der Waals surface area contributed by atoms with Gasteiger partial charge in [-0.2, -0.15) is 9.61 Å². The van der Waals surface area contributed by atoms with Gasteiger partial charge in [-0.05, 0) is 73.1 Å². The number of carbonyl (C=O) groups excluding carboxylic acids is 5. The predicted octanol–water partition coefficient (Wildman–Crippen LogP) is 5.13. The van der Waals surface area contributed by atoms with Gasteiger partial charge < -0.3 is 16.0 Å². The van der Waals surface area contributed by atoms with Crippen molar-refractivity contribution in [2.45, 2.75) is 76.5 Å². The van der Waals surface area contributed by atoms with E-state index < -0.39 is 29.7 Å². The molecule has 2 fully saturated rings. The van der Waals surface area contributed by atoms with Crippen LogP contribution < -0.4 is 21.3 Å². The van der Waals surface area contributed by atoms with Crippen molar-refractivity contribution >= 4 is 46.7 Å². The zero-order chi connectivity index (χ0) is 37.3. The zero-order valence-corrected chi connectivity index (χ0v) is 29.8. The third kappa shape index (κ3) is 6.80. The van der Waals surface area contributed by atoms with Crippen LogP contribution in [0.25, 0.3) is 16.8 Å². The first-order chi connectivity index (χ1) is 26.2. The van der Waals surface area contributed by atoms with Crippen molar-refractivity contribution in [3.05, 3.63) is 113 Å². The molecule has 3 aromatic carbocycles. The van der Waals surface area contributed by atoms with E-state index in [4.69, 9.17) is 4.98 Å². The third-order valence-corrected chi connectivity index (χ3v) is 10.4. The molecule has 274 valence electrons. The highest BCUT2D eigenvalue weighted by molar-refractivity contribution is 6.25. The second kappa shape index (κ2) is 14.6. The average molecular weight is 725 g/mol. The van der Waals surface area contributed by atoms with Gasteiger partial charge in [-0.1, -0.05) is 55.8 Å². The fraction of sp³-hybridized carbons (Fsp3) is 0.293. The summed E-state index contributed by atoms with van der Waals surface area (Å²) in [6.45, 7) is 2.53. The number of nitrogens with one attached hydrogen (secondary N) is 4. The van der Waals surface area contributed by atoms with Gasteiger partial charge in [0.1, 0.15) is 11.9 Å². The van der Waals surface area contributed by atoms with Crippen LogP contribution in [0.1, 0.15) is 87.8 Å². The highest BCUT2D eigenvalue weighted by Crippen LogP contribution is 2.33. The number of aryl methyl sites for hydroxylation is 1. The Hall–Kier alpha value is -6.37. The molecule has 13 heteroatoms. The number of hydrogen-bond acceptors (Lipinski definition) is 9. The van der Waals surface area contributed by atoms with Crippen LogP contribution in [0.3, 0.4) is 0 Å². The fourth-order valence-corrected chi connectivity index (χ4v) is 7.66. The standard InChI is InChI=1S/C41H40N8O5/c1-2-4-28-22-35(49-34(44-28)19-20-43-49)45-29-15-16-30(21-29)46-38(51)27-13-11-26(12-14-27)25-9-7-24(8-10-25)23-42-32-6-3-5-31-37(32)41(54)48(40(31)53)33-17-18-36(50)47-39(33)52/h3,5-14,19-20,22,29-30,33,42,45H,2,4,15-18,21,23H2,1H3,(H,46,51)(H,47,50,52)/t29-,30-,33?/m1/s1. The Morgan fingerprint density at radius 3 is 2.41 bits per heavy atom. The maximum atomic E-state index is 13.4. The molecule has 5 amide bonds. The van der Waals surface area contributed by atoms with Crippen molar-refractivity contribution < 1.29 is 24.0 Å². The summed E-state index contributed by atoms with van der Waals surface area (Å²) in [7, 11) is 0. The van der Waals surface area contributed by atoms with E-state index >= 15 is 0 Å². The first-order valence-corrected chi connectivity index (χ1v) is 18.4. The Bertz CT molecular complexity index is 2280. The molecule has 3 atom stereocenters. The summed E-state index contributed by atoms with van der Waals surface area (Å²) >= 11 is 0. The van der Waals surface area contributed by atoms with Crippen LogP contribution in [-0.2, 0) is 22.6 Å². The summed E-state index contributed by atoms with van der Waals surface area (Å²) < 4.78 is 1.83. The molecule has 1 saturated carbocycles. The Labute approximate surface area is 311 Å². The first kappa shape index (κ1) is 34.7. The van der Waals surface area contributed by atoms with E-state index in [1.54, 1.807) is 24.4 Å². The molecular formula is C41H40N8O5. The number of amides is 5. The number of rotatable bonds is 11. The molecule has 2 aromatic heterocycles. The highest BCUT2D eigenvalue weighted by Gasteiger charge is 2.45. The Balaban J connectivity index is 0.855. The molecule has 0 radical (unpaired) electrons. The minimum absolute atomic E-state index is 0.0640. The number of piperidine rings is 1. The molecule has 4 heterocycles.